The number of aromatic carboxylic acids is 12. The lowest BCUT2D eigenvalue weighted by Crippen LogP contribution is -2.33. The van der Waals surface area contributed by atoms with Gasteiger partial charge in [-0.3, -0.25) is 9.59 Å². The van der Waals surface area contributed by atoms with Crippen LogP contribution in [0.4, 0.5) is 0 Å². The second kappa shape index (κ2) is 27.0. The minimum absolute atomic E-state index is 0.115. The van der Waals surface area contributed by atoms with Gasteiger partial charge in [0.25, 0.3) is 0 Å². The molecule has 0 aliphatic rings. The number of aliphatic carboxylic acids is 1. The van der Waals surface area contributed by atoms with Crippen molar-refractivity contribution < 1.29 is 186 Å². The van der Waals surface area contributed by atoms with Crippen LogP contribution in [0.1, 0.15) is 233 Å². The van der Waals surface area contributed by atoms with Crippen LogP contribution in [-0.2, 0) is 33.3 Å². The van der Waals surface area contributed by atoms with E-state index in [-0.39, 0.29) is 12.8 Å². The minimum atomic E-state index is -3.16. The third kappa shape index (κ3) is 14.8. The van der Waals surface area contributed by atoms with E-state index < -0.39 is 258 Å². The predicted molar refractivity (Wildman–Crippen MR) is 259 cm³/mol. The minimum Gasteiger partial charge on any atom is -0.481 e. The summed E-state index contributed by atoms with van der Waals surface area (Å²) in [6.45, 7) is 0.0473. The van der Waals surface area contributed by atoms with Crippen molar-refractivity contribution in [1.82, 2.24) is 0 Å². The lowest BCUT2D eigenvalue weighted by molar-refractivity contribution is -0.145. The van der Waals surface area contributed by atoms with Crippen LogP contribution in [0.15, 0.2) is 0 Å². The highest BCUT2D eigenvalue weighted by Gasteiger charge is 2.48. The highest BCUT2D eigenvalue weighted by Crippen LogP contribution is 2.37. The maximum absolute atomic E-state index is 14.9. The van der Waals surface area contributed by atoms with E-state index in [0.717, 1.165) is 0 Å². The molecule has 0 bridgehead atoms. The lowest BCUT2D eigenvalue weighted by atomic mass is 9.85. The monoisotopic (exact) mass is 1230 g/mol. The normalized spacial score (nSPS) is 10.7. The Morgan fingerprint density at radius 3 is 0.690 bits per heavy atom. The molecule has 0 fully saturated rings. The number of carbonyl (C=O) groups excluding carboxylic acids is 7. The van der Waals surface area contributed by atoms with Crippen LogP contribution in [0.25, 0.3) is 0 Å². The van der Waals surface area contributed by atoms with Gasteiger partial charge in [-0.15, -0.1) is 0 Å². The van der Waals surface area contributed by atoms with Crippen molar-refractivity contribution >= 4 is 119 Å². The highest BCUT2D eigenvalue weighted by atomic mass is 16.6. The molecule has 3 rings (SSSR count). The quantitative estimate of drug-likeness (QED) is 0.0223. The Balaban J connectivity index is 2.85. The zero-order valence-electron chi connectivity index (χ0n) is 43.5. The van der Waals surface area contributed by atoms with Gasteiger partial charge in [0.1, 0.15) is 13.2 Å². The van der Waals surface area contributed by atoms with Crippen molar-refractivity contribution in [3.05, 3.63) is 100 Å². The molecule has 38 nitrogen and oxygen atoms in total. The van der Waals surface area contributed by atoms with Crippen LogP contribution in [-0.4, -0.2) is 206 Å². The number of hydrogen-bond acceptors (Lipinski definition) is 25. The van der Waals surface area contributed by atoms with Gasteiger partial charge in [-0.05, 0) is 18.3 Å². The molecule has 3 aromatic carbocycles. The number of ether oxygens (including phenoxy) is 5. The molecular weight excluding hydrogens is 1200 g/mol. The van der Waals surface area contributed by atoms with Crippen molar-refractivity contribution in [2.75, 3.05) is 19.8 Å². The summed E-state index contributed by atoms with van der Waals surface area (Å²) in [5, 5.41) is 130. The van der Waals surface area contributed by atoms with Gasteiger partial charge < -0.3 is 90.1 Å². The summed E-state index contributed by atoms with van der Waals surface area (Å²) >= 11 is 0. The summed E-state index contributed by atoms with van der Waals surface area (Å²) in [4.78, 5) is 262. The Kier molecular flexibility index (Phi) is 21.4. The number of esters is 7. The van der Waals surface area contributed by atoms with Crippen molar-refractivity contribution in [1.29, 1.82) is 0 Å². The molecule has 0 aromatic heterocycles. The maximum Gasteiger partial charge on any atom is 0.347 e. The average molecular weight is 1230 g/mol. The van der Waals surface area contributed by atoms with Gasteiger partial charge in [-0.2, -0.15) is 0 Å². The number of hydrogen-bond donors (Lipinski definition) is 13. The summed E-state index contributed by atoms with van der Waals surface area (Å²) in [7, 11) is 0. The fourth-order valence-electron chi connectivity index (χ4n) is 7.75. The third-order valence-electron chi connectivity index (χ3n) is 10.9. The van der Waals surface area contributed by atoms with Gasteiger partial charge in [0, 0.05) is 12.8 Å². The molecule has 0 spiro atoms. The Morgan fingerprint density at radius 1 is 0.264 bits per heavy atom. The van der Waals surface area contributed by atoms with Gasteiger partial charge in [-0.25, -0.2) is 86.3 Å². The molecule has 0 unspecified atom stereocenters. The SMILES string of the molecule is CC(C)(C)COC(=O)c1c(C(=O)O)c(C(=O)O)c(C(=O)OCCOC(=O)CCCCC(=O)O)c(C(=O)OC(=O)c2c(C(=O)O)c(C(=O)O)c(C(=O)O)c(C(=O)O)c2C(=O)O)c1C(=O)OC(=O)c1c(C(=O)O)c(C(=O)O)c(C(=O)O)c(C(=O)O)c1C(=O)O. The van der Waals surface area contributed by atoms with Crippen molar-refractivity contribution in [3.63, 3.8) is 0 Å². The predicted octanol–water partition coefficient (Wildman–Crippen LogP) is 1.61. The van der Waals surface area contributed by atoms with Crippen LogP contribution in [0.2, 0.25) is 0 Å². The average Bonchev–Trinajstić information content (AvgIpc) is 0.801. The topological polar surface area (TPSA) is 651 Å². The zero-order valence-corrected chi connectivity index (χ0v) is 43.5. The number of carbonyl (C=O) groups is 20. The molecule has 0 saturated carbocycles. The van der Waals surface area contributed by atoms with Gasteiger partial charge >= 0.3 is 119 Å². The Hall–Kier alpha value is -12.5. The second-order valence-corrected chi connectivity index (χ2v) is 17.9. The number of unbranched alkanes of at least 4 members (excludes halogenated alkanes) is 1. The fraction of sp³-hybridized carbons (Fsp3) is 0.224. The van der Waals surface area contributed by atoms with E-state index in [1.807, 2.05) is 0 Å². The smallest absolute Gasteiger partial charge is 0.347 e. The first-order valence-corrected chi connectivity index (χ1v) is 22.8. The Bertz CT molecular complexity index is 3600. The molecule has 460 valence electrons. The molecule has 0 radical (unpaired) electrons. The van der Waals surface area contributed by atoms with Crippen LogP contribution in [0, 0.1) is 5.41 Å². The molecule has 0 saturated heterocycles. The summed E-state index contributed by atoms with van der Waals surface area (Å²) in [5.41, 5.74) is -44.2. The van der Waals surface area contributed by atoms with Gasteiger partial charge in [-0.1, -0.05) is 20.8 Å². The van der Waals surface area contributed by atoms with Crippen LogP contribution in [0.5, 0.6) is 0 Å². The molecule has 0 amide bonds. The van der Waals surface area contributed by atoms with Crippen LogP contribution < -0.4 is 0 Å². The standard InChI is InChI=1S/C49H36O38/c1-49(2,3)10-85-44(78)28-24(42(75)76)23(41(73)74)27(43(77)84-9-8-83-12(52)7-5-4-6-11(50)51)29(47(81)86-45(79)25-19(37(65)66)15(33(57)58)13(31(53)54)16(34(59)60)20(25)38(67)68)30(28)48(82)87-46(80)26-21(39(69)70)17(35(61)62)14(32(55)56)18(36(63)64)22(26)40(71)72/h4-10H2,1-3H3,(H,50,51)(H,53,54)(H,55,56)(H,57,58)(H,59,60)(H,61,62)(H,63,64)(H,65,66)(H,67,68)(H,69,70)(H,71,72)(H,73,74)(H,75,76). The van der Waals surface area contributed by atoms with Crippen LogP contribution in [0.3, 0.4) is 0 Å². The molecular formula is C49H36O38. The Labute approximate surface area is 476 Å². The van der Waals surface area contributed by atoms with E-state index in [1.165, 1.54) is 20.8 Å². The molecule has 13 N–H and O–H groups in total. The Morgan fingerprint density at radius 2 is 0.460 bits per heavy atom. The molecule has 38 heteroatoms. The summed E-state index contributed by atoms with van der Waals surface area (Å²) in [6.07, 6.45) is -1.28. The van der Waals surface area contributed by atoms with E-state index in [1.54, 1.807) is 0 Å². The highest BCUT2D eigenvalue weighted by molar-refractivity contribution is 6.29. The first kappa shape index (κ1) is 68.7. The van der Waals surface area contributed by atoms with Gasteiger partial charge in [0.2, 0.25) is 0 Å². The van der Waals surface area contributed by atoms with Crippen molar-refractivity contribution in [2.24, 2.45) is 5.41 Å². The first-order valence-electron chi connectivity index (χ1n) is 22.8. The molecule has 0 atom stereocenters. The first-order chi connectivity index (χ1) is 40.1. The maximum atomic E-state index is 14.9. The van der Waals surface area contributed by atoms with E-state index in [2.05, 4.69) is 9.47 Å². The molecule has 3 aromatic rings. The van der Waals surface area contributed by atoms with Crippen molar-refractivity contribution in [2.45, 2.75) is 46.5 Å². The van der Waals surface area contributed by atoms with Gasteiger partial charge in [0.15, 0.2) is 0 Å². The summed E-state index contributed by atoms with van der Waals surface area (Å²) < 4.78 is 23.6. The molecule has 0 heterocycles. The second-order valence-electron chi connectivity index (χ2n) is 17.9. The zero-order chi connectivity index (χ0) is 66.9. The van der Waals surface area contributed by atoms with E-state index in [0.29, 0.717) is 0 Å². The third-order valence-corrected chi connectivity index (χ3v) is 10.9. The fourth-order valence-corrected chi connectivity index (χ4v) is 7.75. The number of benzene rings is 3. The molecule has 0 aliphatic carbocycles. The summed E-state index contributed by atoms with van der Waals surface area (Å²) in [5.74, 6) is -54.1. The van der Waals surface area contributed by atoms with E-state index in [9.17, 15) is 157 Å². The van der Waals surface area contributed by atoms with Crippen molar-refractivity contribution in [3.8, 4) is 0 Å². The molecule has 87 heavy (non-hydrogen) atoms. The van der Waals surface area contributed by atoms with Crippen LogP contribution >= 0.6 is 0 Å². The van der Waals surface area contributed by atoms with Gasteiger partial charge in [0.05, 0.1) is 107 Å². The number of rotatable bonds is 27. The summed E-state index contributed by atoms with van der Waals surface area (Å²) in [6, 6.07) is 0. The largest absolute Gasteiger partial charge is 0.481 e. The lowest BCUT2D eigenvalue weighted by Gasteiger charge is -2.23. The number of carboxylic acids is 13. The number of carboxylic acid groups (broad SMARTS) is 13. The molecule has 0 aliphatic heterocycles. The van der Waals surface area contributed by atoms with E-state index >= 15 is 0 Å². The van der Waals surface area contributed by atoms with E-state index in [4.69, 9.17) is 19.3 Å².